The molecule has 3 nitrogen and oxygen atoms in total. The maximum atomic E-state index is 10.6. The summed E-state index contributed by atoms with van der Waals surface area (Å²) >= 11 is 5.96. The predicted molar refractivity (Wildman–Crippen MR) is 66.3 cm³/mol. The molecule has 0 unspecified atom stereocenters. The van der Waals surface area contributed by atoms with E-state index >= 15 is 0 Å². The van der Waals surface area contributed by atoms with Gasteiger partial charge >= 0.3 is 0 Å². The molecule has 0 atom stereocenters. The Labute approximate surface area is 101 Å². The zero-order chi connectivity index (χ0) is 12.0. The highest BCUT2D eigenvalue weighted by Crippen LogP contribution is 2.15. The van der Waals surface area contributed by atoms with E-state index in [4.69, 9.17) is 11.6 Å². The van der Waals surface area contributed by atoms with Crippen LogP contribution in [0.25, 0.3) is 6.08 Å². The van der Waals surface area contributed by atoms with Crippen LogP contribution in [0.4, 0.5) is 0 Å². The average Bonchev–Trinajstić information content (AvgIpc) is 2.20. The topological polar surface area (TPSA) is 42.0 Å². The molecule has 0 aliphatic carbocycles. The number of aryl methyl sites for hydroxylation is 1. The summed E-state index contributed by atoms with van der Waals surface area (Å²) in [7, 11) is 0. The highest BCUT2D eigenvalue weighted by molar-refractivity contribution is 6.30. The van der Waals surface area contributed by atoms with Crippen molar-refractivity contribution in [3.8, 4) is 0 Å². The van der Waals surface area contributed by atoms with Crippen LogP contribution in [0.2, 0.25) is 5.15 Å². The van der Waals surface area contributed by atoms with Crippen molar-refractivity contribution >= 4 is 23.6 Å². The van der Waals surface area contributed by atoms with Crippen LogP contribution in [0.1, 0.15) is 24.6 Å². The third kappa shape index (κ3) is 4.45. The summed E-state index contributed by atoms with van der Waals surface area (Å²) in [5, 5.41) is 3.23. The van der Waals surface area contributed by atoms with Crippen LogP contribution in [-0.4, -0.2) is 17.4 Å². The van der Waals surface area contributed by atoms with Gasteiger partial charge in [0, 0.05) is 24.7 Å². The third-order valence-corrected chi connectivity index (χ3v) is 2.30. The van der Waals surface area contributed by atoms with Crippen molar-refractivity contribution in [3.63, 3.8) is 0 Å². The highest BCUT2D eigenvalue weighted by atomic mass is 35.5. The lowest BCUT2D eigenvalue weighted by Gasteiger charge is -1.99. The zero-order valence-corrected chi connectivity index (χ0v) is 10.2. The zero-order valence-electron chi connectivity index (χ0n) is 9.46. The molecular formula is C12H15ClN2O. The molecule has 1 heterocycles. The van der Waals surface area contributed by atoms with E-state index in [2.05, 4.69) is 10.3 Å². The van der Waals surface area contributed by atoms with Gasteiger partial charge in [-0.1, -0.05) is 29.8 Å². The van der Waals surface area contributed by atoms with Crippen molar-refractivity contribution in [1.29, 1.82) is 0 Å². The fourth-order valence-corrected chi connectivity index (χ4v) is 1.46. The van der Waals surface area contributed by atoms with Gasteiger partial charge in [-0.3, -0.25) is 4.79 Å². The van der Waals surface area contributed by atoms with Gasteiger partial charge in [-0.05, 0) is 19.4 Å². The monoisotopic (exact) mass is 238 g/mol. The second kappa shape index (κ2) is 6.28. The van der Waals surface area contributed by atoms with E-state index in [1.807, 2.05) is 31.2 Å². The molecule has 4 heteroatoms. The molecule has 1 amide bonds. The largest absolute Gasteiger partial charge is 0.356 e. The second-order valence-corrected chi connectivity index (χ2v) is 3.86. The van der Waals surface area contributed by atoms with Crippen LogP contribution in [0.15, 0.2) is 18.2 Å². The van der Waals surface area contributed by atoms with Crippen LogP contribution in [0.3, 0.4) is 0 Å². The minimum atomic E-state index is -0.0107. The Morgan fingerprint density at radius 3 is 2.94 bits per heavy atom. The van der Waals surface area contributed by atoms with E-state index in [9.17, 15) is 4.79 Å². The SMILES string of the molecule is CC(=O)NCCC=Cc1ccc(C)nc1Cl. The summed E-state index contributed by atoms with van der Waals surface area (Å²) in [5.74, 6) is -0.0107. The molecule has 0 spiro atoms. The minimum absolute atomic E-state index is 0.0107. The van der Waals surface area contributed by atoms with Crippen molar-refractivity contribution in [2.24, 2.45) is 0 Å². The number of halogens is 1. The summed E-state index contributed by atoms with van der Waals surface area (Å²) in [6, 6.07) is 3.85. The maximum Gasteiger partial charge on any atom is 0.216 e. The fourth-order valence-electron chi connectivity index (χ4n) is 1.20. The van der Waals surface area contributed by atoms with Gasteiger partial charge in [-0.15, -0.1) is 0 Å². The smallest absolute Gasteiger partial charge is 0.216 e. The van der Waals surface area contributed by atoms with Crippen molar-refractivity contribution in [2.45, 2.75) is 20.3 Å². The van der Waals surface area contributed by atoms with Gasteiger partial charge < -0.3 is 5.32 Å². The van der Waals surface area contributed by atoms with Crippen molar-refractivity contribution in [2.75, 3.05) is 6.54 Å². The molecule has 0 bridgehead atoms. The first-order valence-corrected chi connectivity index (χ1v) is 5.51. The number of amides is 1. The molecule has 0 aliphatic heterocycles. The predicted octanol–water partition coefficient (Wildman–Crippen LogP) is 2.58. The Kier molecular flexibility index (Phi) is 4.99. The standard InChI is InChI=1S/C12H15ClN2O/c1-9-6-7-11(12(13)15-9)5-3-4-8-14-10(2)16/h3,5-7H,4,8H2,1-2H3,(H,14,16). The van der Waals surface area contributed by atoms with Gasteiger partial charge in [0.15, 0.2) is 0 Å². The number of pyridine rings is 1. The summed E-state index contributed by atoms with van der Waals surface area (Å²) in [5.41, 5.74) is 1.80. The van der Waals surface area contributed by atoms with Gasteiger partial charge in [0.1, 0.15) is 5.15 Å². The lowest BCUT2D eigenvalue weighted by atomic mass is 10.2. The maximum absolute atomic E-state index is 10.6. The Hall–Kier alpha value is -1.35. The Balaban J connectivity index is 2.47. The first-order valence-electron chi connectivity index (χ1n) is 5.13. The summed E-state index contributed by atoms with van der Waals surface area (Å²) < 4.78 is 0. The number of carbonyl (C=O) groups is 1. The van der Waals surface area contributed by atoms with Crippen LogP contribution in [0, 0.1) is 6.92 Å². The van der Waals surface area contributed by atoms with Gasteiger partial charge in [0.2, 0.25) is 5.91 Å². The van der Waals surface area contributed by atoms with Crippen molar-refractivity contribution < 1.29 is 4.79 Å². The van der Waals surface area contributed by atoms with E-state index in [-0.39, 0.29) is 5.91 Å². The first-order chi connectivity index (χ1) is 7.59. The molecule has 1 aromatic heterocycles. The summed E-state index contributed by atoms with van der Waals surface area (Å²) in [6.07, 6.45) is 4.66. The Bertz CT molecular complexity index is 402. The van der Waals surface area contributed by atoms with Crippen molar-refractivity contribution in [1.82, 2.24) is 10.3 Å². The quantitative estimate of drug-likeness (QED) is 0.647. The third-order valence-electron chi connectivity index (χ3n) is 2.00. The van der Waals surface area contributed by atoms with E-state index in [0.717, 1.165) is 17.7 Å². The van der Waals surface area contributed by atoms with Crippen LogP contribution < -0.4 is 5.32 Å². The molecule has 0 radical (unpaired) electrons. The molecule has 16 heavy (non-hydrogen) atoms. The Morgan fingerprint density at radius 1 is 1.56 bits per heavy atom. The molecular weight excluding hydrogens is 224 g/mol. The van der Waals surface area contributed by atoms with Gasteiger partial charge in [-0.2, -0.15) is 0 Å². The number of aromatic nitrogens is 1. The fraction of sp³-hybridized carbons (Fsp3) is 0.333. The van der Waals surface area contributed by atoms with Crippen molar-refractivity contribution in [3.05, 3.63) is 34.6 Å². The van der Waals surface area contributed by atoms with Crippen LogP contribution in [-0.2, 0) is 4.79 Å². The van der Waals surface area contributed by atoms with Crippen LogP contribution in [0.5, 0.6) is 0 Å². The van der Waals surface area contributed by atoms with Gasteiger partial charge in [0.25, 0.3) is 0 Å². The average molecular weight is 239 g/mol. The molecule has 86 valence electrons. The van der Waals surface area contributed by atoms with Crippen LogP contribution >= 0.6 is 11.6 Å². The molecule has 0 aliphatic rings. The lowest BCUT2D eigenvalue weighted by Crippen LogP contribution is -2.20. The molecule has 1 N–H and O–H groups in total. The van der Waals surface area contributed by atoms with E-state index in [0.29, 0.717) is 11.7 Å². The number of rotatable bonds is 4. The van der Waals surface area contributed by atoms with E-state index in [1.54, 1.807) is 0 Å². The second-order valence-electron chi connectivity index (χ2n) is 3.51. The molecule has 1 aromatic rings. The van der Waals surface area contributed by atoms with Gasteiger partial charge in [0.05, 0.1) is 0 Å². The number of nitrogens with zero attached hydrogens (tertiary/aromatic N) is 1. The summed E-state index contributed by atoms with van der Waals surface area (Å²) in [6.45, 7) is 4.05. The molecule has 0 saturated carbocycles. The Morgan fingerprint density at radius 2 is 2.31 bits per heavy atom. The molecule has 0 fully saturated rings. The molecule has 1 rings (SSSR count). The first kappa shape index (κ1) is 12.7. The minimum Gasteiger partial charge on any atom is -0.356 e. The number of hydrogen-bond donors (Lipinski definition) is 1. The number of hydrogen-bond acceptors (Lipinski definition) is 2. The summed E-state index contributed by atoms with van der Waals surface area (Å²) in [4.78, 5) is 14.7. The number of carbonyl (C=O) groups excluding carboxylic acids is 1. The van der Waals surface area contributed by atoms with E-state index in [1.165, 1.54) is 6.92 Å². The van der Waals surface area contributed by atoms with Gasteiger partial charge in [-0.25, -0.2) is 4.98 Å². The number of nitrogens with one attached hydrogen (secondary N) is 1. The highest BCUT2D eigenvalue weighted by Gasteiger charge is 1.97. The lowest BCUT2D eigenvalue weighted by molar-refractivity contribution is -0.118. The molecule has 0 aromatic carbocycles. The normalized spacial score (nSPS) is 10.7. The molecule has 0 saturated heterocycles. The van der Waals surface area contributed by atoms with E-state index < -0.39 is 0 Å².